The van der Waals surface area contributed by atoms with E-state index in [-0.39, 0.29) is 6.10 Å². The van der Waals surface area contributed by atoms with Crippen molar-refractivity contribution >= 4 is 10.8 Å². The molecule has 1 N–H and O–H groups in total. The summed E-state index contributed by atoms with van der Waals surface area (Å²) >= 11 is 0. The number of aliphatic hydroxyl groups is 1. The summed E-state index contributed by atoms with van der Waals surface area (Å²) in [6, 6.07) is 14.9. The van der Waals surface area contributed by atoms with Crippen molar-refractivity contribution in [2.75, 3.05) is 0 Å². The van der Waals surface area contributed by atoms with Gasteiger partial charge in [-0.2, -0.15) is 0 Å². The second-order valence-electron chi connectivity index (χ2n) is 6.58. The zero-order valence-corrected chi connectivity index (χ0v) is 12.8. The molecule has 0 spiro atoms. The molecule has 1 saturated carbocycles. The van der Waals surface area contributed by atoms with E-state index in [1.54, 1.807) is 0 Å². The highest BCUT2D eigenvalue weighted by molar-refractivity contribution is 5.85. The molecule has 0 bridgehead atoms. The van der Waals surface area contributed by atoms with E-state index in [1.807, 2.05) is 0 Å². The largest absolute Gasteiger partial charge is 0.393 e. The predicted molar refractivity (Wildman–Crippen MR) is 89.5 cm³/mol. The molecule has 1 aliphatic carbocycles. The first-order valence-electron chi connectivity index (χ1n) is 8.47. The Morgan fingerprint density at radius 3 is 2.57 bits per heavy atom. The van der Waals surface area contributed by atoms with Crippen LogP contribution in [-0.4, -0.2) is 11.2 Å². The molecule has 1 heteroatoms. The van der Waals surface area contributed by atoms with Crippen molar-refractivity contribution in [2.24, 2.45) is 5.92 Å². The first-order valence-corrected chi connectivity index (χ1v) is 8.47. The van der Waals surface area contributed by atoms with Crippen LogP contribution < -0.4 is 0 Å². The summed E-state index contributed by atoms with van der Waals surface area (Å²) in [5, 5.41) is 13.0. The molecule has 21 heavy (non-hydrogen) atoms. The number of benzene rings is 2. The monoisotopic (exact) mass is 282 g/mol. The van der Waals surface area contributed by atoms with Gasteiger partial charge in [0.25, 0.3) is 0 Å². The van der Waals surface area contributed by atoms with Crippen LogP contribution in [0.2, 0.25) is 0 Å². The molecule has 1 nitrogen and oxygen atoms in total. The van der Waals surface area contributed by atoms with E-state index >= 15 is 0 Å². The number of hydrogen-bond acceptors (Lipinski definition) is 1. The van der Waals surface area contributed by atoms with Crippen molar-refractivity contribution in [3.05, 3.63) is 48.0 Å². The van der Waals surface area contributed by atoms with E-state index in [1.165, 1.54) is 54.9 Å². The normalized spacial score (nSPS) is 18.0. The molecular weight excluding hydrogens is 256 g/mol. The second kappa shape index (κ2) is 7.09. The van der Waals surface area contributed by atoms with Gasteiger partial charge in [-0.25, -0.2) is 0 Å². The van der Waals surface area contributed by atoms with Crippen LogP contribution in [0.5, 0.6) is 0 Å². The Balaban J connectivity index is 1.59. The van der Waals surface area contributed by atoms with E-state index in [2.05, 4.69) is 42.5 Å². The Morgan fingerprint density at radius 2 is 1.71 bits per heavy atom. The number of hydrogen-bond donors (Lipinski definition) is 1. The fraction of sp³-hybridized carbons (Fsp3) is 0.500. The van der Waals surface area contributed by atoms with Crippen molar-refractivity contribution in [2.45, 2.75) is 57.5 Å². The van der Waals surface area contributed by atoms with Crippen LogP contribution in [0.3, 0.4) is 0 Å². The Labute approximate surface area is 128 Å². The third kappa shape index (κ3) is 3.85. The van der Waals surface area contributed by atoms with Gasteiger partial charge < -0.3 is 5.11 Å². The highest BCUT2D eigenvalue weighted by Crippen LogP contribution is 2.28. The van der Waals surface area contributed by atoms with Gasteiger partial charge in [0.05, 0.1) is 6.10 Å². The van der Waals surface area contributed by atoms with E-state index in [0.717, 1.165) is 18.8 Å². The van der Waals surface area contributed by atoms with Crippen molar-refractivity contribution in [3.8, 4) is 0 Å². The van der Waals surface area contributed by atoms with Crippen LogP contribution in [0, 0.1) is 5.92 Å². The lowest BCUT2D eigenvalue weighted by atomic mass is 9.85. The molecule has 112 valence electrons. The minimum absolute atomic E-state index is 0.197. The number of rotatable bonds is 5. The van der Waals surface area contributed by atoms with E-state index in [0.29, 0.717) is 0 Å². The summed E-state index contributed by atoms with van der Waals surface area (Å²) in [4.78, 5) is 0. The van der Waals surface area contributed by atoms with E-state index in [9.17, 15) is 5.11 Å². The fourth-order valence-corrected chi connectivity index (χ4v) is 3.73. The van der Waals surface area contributed by atoms with Crippen LogP contribution in [0.15, 0.2) is 42.5 Å². The third-order valence-electron chi connectivity index (χ3n) is 4.97. The minimum atomic E-state index is -0.197. The summed E-state index contributed by atoms with van der Waals surface area (Å²) in [7, 11) is 0. The smallest absolute Gasteiger partial charge is 0.0580 e. The maximum Gasteiger partial charge on any atom is 0.0580 e. The maximum atomic E-state index is 10.4. The van der Waals surface area contributed by atoms with Gasteiger partial charge in [-0.05, 0) is 41.5 Å². The summed E-state index contributed by atoms with van der Waals surface area (Å²) in [5.74, 6) is 0.862. The molecule has 1 unspecified atom stereocenters. The average molecular weight is 282 g/mol. The highest BCUT2D eigenvalue weighted by atomic mass is 16.3. The van der Waals surface area contributed by atoms with Crippen LogP contribution in [0.1, 0.15) is 50.5 Å². The van der Waals surface area contributed by atoms with E-state index in [4.69, 9.17) is 0 Å². The van der Waals surface area contributed by atoms with Crippen LogP contribution >= 0.6 is 0 Å². The lowest BCUT2D eigenvalue weighted by Crippen LogP contribution is -2.14. The average Bonchev–Trinajstić information content (AvgIpc) is 2.54. The number of fused-ring (bicyclic) bond motifs is 1. The molecule has 1 aliphatic rings. The molecule has 0 aliphatic heterocycles. The zero-order valence-electron chi connectivity index (χ0n) is 12.8. The van der Waals surface area contributed by atoms with Gasteiger partial charge in [-0.3, -0.25) is 0 Å². The van der Waals surface area contributed by atoms with Crippen molar-refractivity contribution < 1.29 is 5.11 Å². The molecule has 2 aromatic rings. The van der Waals surface area contributed by atoms with Gasteiger partial charge in [0.2, 0.25) is 0 Å². The lowest BCUT2D eigenvalue weighted by molar-refractivity contribution is 0.150. The number of aliphatic hydroxyl groups excluding tert-OH is 1. The molecule has 0 amide bonds. The maximum absolute atomic E-state index is 10.4. The second-order valence-corrected chi connectivity index (χ2v) is 6.58. The van der Waals surface area contributed by atoms with E-state index < -0.39 is 0 Å². The minimum Gasteiger partial charge on any atom is -0.393 e. The molecule has 3 rings (SSSR count). The first-order chi connectivity index (χ1) is 10.3. The summed E-state index contributed by atoms with van der Waals surface area (Å²) in [6.07, 6.45) is 9.69. The lowest BCUT2D eigenvalue weighted by Gasteiger charge is -2.22. The van der Waals surface area contributed by atoms with Crippen molar-refractivity contribution in [1.29, 1.82) is 0 Å². The molecule has 0 aromatic heterocycles. The van der Waals surface area contributed by atoms with Crippen LogP contribution in [0.25, 0.3) is 10.8 Å². The molecule has 0 radical (unpaired) electrons. The van der Waals surface area contributed by atoms with Gasteiger partial charge in [-0.1, -0.05) is 74.6 Å². The molecular formula is C20H26O. The fourth-order valence-electron chi connectivity index (χ4n) is 3.73. The first kappa shape index (κ1) is 14.6. The van der Waals surface area contributed by atoms with Crippen LogP contribution in [-0.2, 0) is 6.42 Å². The van der Waals surface area contributed by atoms with Gasteiger partial charge in [0.15, 0.2) is 0 Å². The van der Waals surface area contributed by atoms with Crippen LogP contribution in [0.4, 0.5) is 0 Å². The Hall–Kier alpha value is -1.34. The zero-order chi connectivity index (χ0) is 14.5. The Morgan fingerprint density at radius 1 is 0.952 bits per heavy atom. The Kier molecular flexibility index (Phi) is 4.92. The van der Waals surface area contributed by atoms with Crippen molar-refractivity contribution in [1.82, 2.24) is 0 Å². The summed E-state index contributed by atoms with van der Waals surface area (Å²) < 4.78 is 0. The predicted octanol–water partition coefficient (Wildman–Crippen LogP) is 5.10. The summed E-state index contributed by atoms with van der Waals surface area (Å²) in [6.45, 7) is 0. The van der Waals surface area contributed by atoms with Gasteiger partial charge in [0.1, 0.15) is 0 Å². The molecule has 1 fully saturated rings. The molecule has 1 atom stereocenters. The van der Waals surface area contributed by atoms with Gasteiger partial charge in [0, 0.05) is 0 Å². The van der Waals surface area contributed by atoms with Gasteiger partial charge >= 0.3 is 0 Å². The Bertz CT molecular complexity index is 564. The topological polar surface area (TPSA) is 20.2 Å². The molecule has 0 heterocycles. The highest BCUT2D eigenvalue weighted by Gasteiger charge is 2.15. The molecule has 2 aromatic carbocycles. The standard InChI is InChI=1S/C20H26O/c21-19(14-13-16-7-2-1-3-8-16)15-18-11-6-10-17-9-4-5-12-20(17)18/h4-6,9-12,16,19,21H,1-3,7-8,13-15H2. The SMILES string of the molecule is OC(CCC1CCCCC1)Cc1cccc2ccccc12. The van der Waals surface area contributed by atoms with Gasteiger partial charge in [-0.15, -0.1) is 0 Å². The summed E-state index contributed by atoms with van der Waals surface area (Å²) in [5.41, 5.74) is 1.28. The quantitative estimate of drug-likeness (QED) is 0.808. The third-order valence-corrected chi connectivity index (χ3v) is 4.97. The van der Waals surface area contributed by atoms with Crippen molar-refractivity contribution in [3.63, 3.8) is 0 Å². The molecule has 0 saturated heterocycles.